The van der Waals surface area contributed by atoms with Gasteiger partial charge in [0.1, 0.15) is 5.82 Å². The quantitative estimate of drug-likeness (QED) is 0.742. The molecule has 0 saturated carbocycles. The van der Waals surface area contributed by atoms with Crippen molar-refractivity contribution in [3.05, 3.63) is 36.2 Å². The fourth-order valence-corrected chi connectivity index (χ4v) is 2.02. The van der Waals surface area contributed by atoms with Gasteiger partial charge in [0, 0.05) is 30.4 Å². The van der Waals surface area contributed by atoms with E-state index in [0.717, 1.165) is 11.1 Å². The molecule has 0 atom stereocenters. The lowest BCUT2D eigenvalue weighted by molar-refractivity contribution is 0.0996. The molecule has 0 bridgehead atoms. The van der Waals surface area contributed by atoms with Gasteiger partial charge in [-0.3, -0.25) is 14.5 Å². The highest BCUT2D eigenvalue weighted by Crippen LogP contribution is 2.23. The van der Waals surface area contributed by atoms with Gasteiger partial charge in [0.25, 0.3) is 5.91 Å². The van der Waals surface area contributed by atoms with E-state index in [9.17, 15) is 4.79 Å². The van der Waals surface area contributed by atoms with Gasteiger partial charge in [0.15, 0.2) is 5.69 Å². The second-order valence-electron chi connectivity index (χ2n) is 4.44. The Balaban J connectivity index is 2.21. The molecule has 2 N–H and O–H groups in total. The van der Waals surface area contributed by atoms with Crippen molar-refractivity contribution in [3.8, 4) is 11.3 Å². The van der Waals surface area contributed by atoms with Gasteiger partial charge in [0.05, 0.1) is 17.4 Å². The lowest BCUT2D eigenvalue weighted by Crippen LogP contribution is -2.12. The Labute approximate surface area is 114 Å². The molecule has 3 aromatic heterocycles. The first-order valence-electron chi connectivity index (χ1n) is 5.98. The molecule has 7 nitrogen and oxygen atoms in total. The van der Waals surface area contributed by atoms with E-state index in [1.807, 2.05) is 6.92 Å². The molecule has 0 radical (unpaired) electrons. The zero-order valence-electron chi connectivity index (χ0n) is 11.0. The minimum absolute atomic E-state index is 0.235. The molecule has 3 rings (SSSR count). The van der Waals surface area contributed by atoms with Crippen LogP contribution in [0.4, 0.5) is 0 Å². The summed E-state index contributed by atoms with van der Waals surface area (Å²) in [7, 11) is 1.74. The largest absolute Gasteiger partial charge is 0.364 e. The SMILES string of the molecule is Cc1ncc(-c2cc3c(C(N)=O)nn(C)c3cn2)cn1. The first-order valence-corrected chi connectivity index (χ1v) is 5.98. The predicted octanol–water partition coefficient (Wildman–Crippen LogP) is 0.833. The van der Waals surface area contributed by atoms with Crippen LogP contribution in [0, 0.1) is 6.92 Å². The Kier molecular flexibility index (Phi) is 2.67. The van der Waals surface area contributed by atoms with Gasteiger partial charge >= 0.3 is 0 Å². The first-order chi connectivity index (χ1) is 9.56. The van der Waals surface area contributed by atoms with E-state index in [-0.39, 0.29) is 5.69 Å². The van der Waals surface area contributed by atoms with Gasteiger partial charge in [-0.05, 0) is 13.0 Å². The number of carbonyl (C=O) groups excluding carboxylic acids is 1. The Bertz CT molecular complexity index is 806. The number of nitrogens with two attached hydrogens (primary N) is 1. The van der Waals surface area contributed by atoms with Crippen LogP contribution in [0.1, 0.15) is 16.3 Å². The van der Waals surface area contributed by atoms with Crippen LogP contribution >= 0.6 is 0 Å². The molecule has 0 unspecified atom stereocenters. The number of primary amides is 1. The van der Waals surface area contributed by atoms with E-state index in [1.165, 1.54) is 0 Å². The summed E-state index contributed by atoms with van der Waals surface area (Å²) < 4.78 is 1.58. The number of rotatable bonds is 2. The number of fused-ring (bicyclic) bond motifs is 1. The minimum atomic E-state index is -0.562. The van der Waals surface area contributed by atoms with Crippen molar-refractivity contribution in [2.45, 2.75) is 6.92 Å². The number of amides is 1. The standard InChI is InChI=1S/C13H12N6O/c1-7-15-4-8(5-16-7)10-3-9-11(6-17-10)19(2)18-12(9)13(14)20/h3-6H,1-2H3,(H2,14,20). The van der Waals surface area contributed by atoms with E-state index < -0.39 is 5.91 Å². The number of pyridine rings is 1. The molecule has 20 heavy (non-hydrogen) atoms. The summed E-state index contributed by atoms with van der Waals surface area (Å²) in [4.78, 5) is 24.0. The van der Waals surface area contributed by atoms with Crippen LogP contribution in [0.2, 0.25) is 0 Å². The summed E-state index contributed by atoms with van der Waals surface area (Å²) in [5, 5.41) is 4.78. The number of hydrogen-bond donors (Lipinski definition) is 1. The maximum atomic E-state index is 11.4. The molecule has 0 fully saturated rings. The van der Waals surface area contributed by atoms with Crippen LogP contribution in [0.5, 0.6) is 0 Å². The van der Waals surface area contributed by atoms with E-state index in [2.05, 4.69) is 20.1 Å². The Morgan fingerprint density at radius 3 is 2.55 bits per heavy atom. The zero-order valence-corrected chi connectivity index (χ0v) is 11.0. The average Bonchev–Trinajstić information content (AvgIpc) is 2.77. The monoisotopic (exact) mass is 268 g/mol. The highest BCUT2D eigenvalue weighted by atomic mass is 16.1. The van der Waals surface area contributed by atoms with Crippen LogP contribution in [0.15, 0.2) is 24.7 Å². The summed E-state index contributed by atoms with van der Waals surface area (Å²) in [6, 6.07) is 1.77. The minimum Gasteiger partial charge on any atom is -0.364 e. The van der Waals surface area contributed by atoms with Crippen molar-refractivity contribution < 1.29 is 4.79 Å². The normalized spacial score (nSPS) is 10.9. The van der Waals surface area contributed by atoms with Crippen molar-refractivity contribution in [3.63, 3.8) is 0 Å². The summed E-state index contributed by atoms with van der Waals surface area (Å²) in [6.45, 7) is 1.81. The number of hydrogen-bond acceptors (Lipinski definition) is 5. The van der Waals surface area contributed by atoms with Gasteiger partial charge in [0.2, 0.25) is 0 Å². The second kappa shape index (κ2) is 4.37. The van der Waals surface area contributed by atoms with E-state index in [0.29, 0.717) is 16.9 Å². The lowest BCUT2D eigenvalue weighted by Gasteiger charge is -2.01. The highest BCUT2D eigenvalue weighted by molar-refractivity contribution is 6.04. The van der Waals surface area contributed by atoms with Crippen molar-refractivity contribution in [2.24, 2.45) is 12.8 Å². The van der Waals surface area contributed by atoms with Gasteiger partial charge < -0.3 is 5.73 Å². The van der Waals surface area contributed by atoms with Gasteiger partial charge in [-0.15, -0.1) is 0 Å². The molecule has 1 amide bonds. The molecule has 100 valence electrons. The fourth-order valence-electron chi connectivity index (χ4n) is 2.02. The number of carbonyl (C=O) groups is 1. The van der Waals surface area contributed by atoms with E-state index in [1.54, 1.807) is 36.4 Å². The topological polar surface area (TPSA) is 99.6 Å². The summed E-state index contributed by atoms with van der Waals surface area (Å²) in [5.41, 5.74) is 7.77. The predicted molar refractivity (Wildman–Crippen MR) is 72.8 cm³/mol. The summed E-state index contributed by atoms with van der Waals surface area (Å²) in [6.07, 6.45) is 5.04. The van der Waals surface area contributed by atoms with Crippen molar-refractivity contribution in [1.82, 2.24) is 24.7 Å². The molecule has 3 heterocycles. The van der Waals surface area contributed by atoms with Gasteiger partial charge in [-0.25, -0.2) is 9.97 Å². The second-order valence-corrected chi connectivity index (χ2v) is 4.44. The Morgan fingerprint density at radius 1 is 1.20 bits per heavy atom. The number of aryl methyl sites for hydroxylation is 2. The molecule has 3 aromatic rings. The van der Waals surface area contributed by atoms with Crippen LogP contribution in [0.3, 0.4) is 0 Å². The average molecular weight is 268 g/mol. The molecule has 0 saturated heterocycles. The molecular weight excluding hydrogens is 256 g/mol. The molecule has 0 aliphatic carbocycles. The summed E-state index contributed by atoms with van der Waals surface area (Å²) in [5.74, 6) is 0.127. The van der Waals surface area contributed by atoms with Crippen LogP contribution < -0.4 is 5.73 Å². The van der Waals surface area contributed by atoms with Crippen molar-refractivity contribution in [1.29, 1.82) is 0 Å². The fraction of sp³-hybridized carbons (Fsp3) is 0.154. The Hall–Kier alpha value is -2.83. The van der Waals surface area contributed by atoms with E-state index in [4.69, 9.17) is 5.73 Å². The molecule has 0 aromatic carbocycles. The maximum Gasteiger partial charge on any atom is 0.269 e. The zero-order chi connectivity index (χ0) is 14.3. The third-order valence-corrected chi connectivity index (χ3v) is 3.05. The smallest absolute Gasteiger partial charge is 0.269 e. The van der Waals surface area contributed by atoms with Crippen molar-refractivity contribution >= 4 is 16.8 Å². The van der Waals surface area contributed by atoms with Crippen molar-refractivity contribution in [2.75, 3.05) is 0 Å². The van der Waals surface area contributed by atoms with E-state index >= 15 is 0 Å². The molecule has 0 aliphatic heterocycles. The molecule has 0 spiro atoms. The molecule has 0 aliphatic rings. The number of nitrogens with zero attached hydrogens (tertiary/aromatic N) is 5. The van der Waals surface area contributed by atoms with Crippen LogP contribution in [0.25, 0.3) is 22.2 Å². The number of aromatic nitrogens is 5. The lowest BCUT2D eigenvalue weighted by atomic mass is 10.1. The summed E-state index contributed by atoms with van der Waals surface area (Å²) >= 11 is 0. The maximum absolute atomic E-state index is 11.4. The van der Waals surface area contributed by atoms with Gasteiger partial charge in [-0.2, -0.15) is 5.10 Å². The van der Waals surface area contributed by atoms with Crippen LogP contribution in [-0.2, 0) is 7.05 Å². The third-order valence-electron chi connectivity index (χ3n) is 3.05. The highest BCUT2D eigenvalue weighted by Gasteiger charge is 2.15. The van der Waals surface area contributed by atoms with Gasteiger partial charge in [-0.1, -0.05) is 0 Å². The first kappa shape index (κ1) is 12.2. The Morgan fingerprint density at radius 2 is 1.90 bits per heavy atom. The third kappa shape index (κ3) is 1.89. The molecule has 7 heteroatoms. The molecular formula is C13H12N6O. The van der Waals surface area contributed by atoms with Crippen LogP contribution in [-0.4, -0.2) is 30.6 Å².